The second-order valence-electron chi connectivity index (χ2n) is 12.9. The zero-order chi connectivity index (χ0) is 28.7. The van der Waals surface area contributed by atoms with Gasteiger partial charge in [0.25, 0.3) is 0 Å². The lowest BCUT2D eigenvalue weighted by molar-refractivity contribution is 0.0430. The van der Waals surface area contributed by atoms with Crippen LogP contribution in [0.5, 0.6) is 0 Å². The smallest absolute Gasteiger partial charge is 0.104 e. The van der Waals surface area contributed by atoms with E-state index in [0.29, 0.717) is 61.5 Å². The third-order valence-corrected chi connectivity index (χ3v) is 8.53. The normalized spacial score (nSPS) is 29.3. The Bertz CT molecular complexity index is 693. The van der Waals surface area contributed by atoms with Gasteiger partial charge in [-0.25, -0.2) is 0 Å². The van der Waals surface area contributed by atoms with Crippen molar-refractivity contribution in [2.75, 3.05) is 99.1 Å². The summed E-state index contributed by atoms with van der Waals surface area (Å²) in [7, 11) is 0. The van der Waals surface area contributed by atoms with E-state index in [4.69, 9.17) is 47.4 Å². The molecule has 5 fully saturated rings. The molecule has 0 aromatic heterocycles. The summed E-state index contributed by atoms with van der Waals surface area (Å²) >= 11 is 0. The quantitative estimate of drug-likeness (QED) is 0.0868. The fraction of sp³-hybridized carbons (Fsp3) is 1.00. The third kappa shape index (κ3) is 16.6. The highest BCUT2D eigenvalue weighted by Crippen LogP contribution is 2.26. The molecule has 0 spiro atoms. The first-order chi connectivity index (χ1) is 20.8. The van der Waals surface area contributed by atoms with Gasteiger partial charge in [-0.3, -0.25) is 0 Å². The zero-order valence-electron chi connectivity index (χ0n) is 25.7. The van der Waals surface area contributed by atoms with Crippen molar-refractivity contribution in [3.63, 3.8) is 0 Å². The van der Waals surface area contributed by atoms with Crippen molar-refractivity contribution in [3.05, 3.63) is 0 Å². The maximum Gasteiger partial charge on any atom is 0.104 e. The molecule has 0 aliphatic carbocycles. The molecule has 5 aliphatic heterocycles. The standard InChI is InChI=1S/C32H56O10/c1(5-25(12-35-17-30-22-40-30)7-3-9-33-15-28-20-38-28)2-6-26(13-36-18-31-23-41-31)11-27(14-37-19-32-24-42-32)8-4-10-34-16-29-21-39-29/h25-32H,1-24H2. The summed E-state index contributed by atoms with van der Waals surface area (Å²) < 4.78 is 56.3. The van der Waals surface area contributed by atoms with Gasteiger partial charge in [0.1, 0.15) is 30.5 Å². The topological polar surface area (TPSA) is 109 Å². The van der Waals surface area contributed by atoms with Crippen LogP contribution in [0.25, 0.3) is 0 Å². The van der Waals surface area contributed by atoms with E-state index >= 15 is 0 Å². The average Bonchev–Trinajstić information content (AvgIpc) is 3.78. The number of hydrogen-bond donors (Lipinski definition) is 0. The molecule has 8 unspecified atom stereocenters. The van der Waals surface area contributed by atoms with Crippen LogP contribution in [0, 0.1) is 17.8 Å². The summed E-state index contributed by atoms with van der Waals surface area (Å²) in [5, 5.41) is 0. The molecule has 5 rings (SSSR count). The highest BCUT2D eigenvalue weighted by Gasteiger charge is 2.27. The molecular weight excluding hydrogens is 544 g/mol. The first kappa shape index (κ1) is 33.0. The van der Waals surface area contributed by atoms with Gasteiger partial charge < -0.3 is 47.4 Å². The largest absolute Gasteiger partial charge is 0.379 e. The van der Waals surface area contributed by atoms with Crippen LogP contribution < -0.4 is 0 Å². The van der Waals surface area contributed by atoms with Crippen molar-refractivity contribution in [1.29, 1.82) is 0 Å². The minimum Gasteiger partial charge on any atom is -0.379 e. The van der Waals surface area contributed by atoms with Crippen molar-refractivity contribution in [1.82, 2.24) is 0 Å². The summed E-state index contributed by atoms with van der Waals surface area (Å²) in [4.78, 5) is 0. The first-order valence-corrected chi connectivity index (χ1v) is 16.8. The van der Waals surface area contributed by atoms with Gasteiger partial charge >= 0.3 is 0 Å². The molecular formula is C32H56O10. The van der Waals surface area contributed by atoms with Crippen LogP contribution in [0.15, 0.2) is 0 Å². The summed E-state index contributed by atoms with van der Waals surface area (Å²) in [5.41, 5.74) is 0. The fourth-order valence-electron chi connectivity index (χ4n) is 5.48. The van der Waals surface area contributed by atoms with Gasteiger partial charge in [-0.1, -0.05) is 12.8 Å². The summed E-state index contributed by atoms with van der Waals surface area (Å²) in [6.45, 7) is 11.8. The molecule has 0 saturated carbocycles. The molecule has 0 amide bonds. The van der Waals surface area contributed by atoms with E-state index in [0.717, 1.165) is 118 Å². The summed E-state index contributed by atoms with van der Waals surface area (Å²) in [6, 6.07) is 0. The Balaban J connectivity index is 1.01. The molecule has 0 bridgehead atoms. The minimum absolute atomic E-state index is 0.303. The fourth-order valence-corrected chi connectivity index (χ4v) is 5.48. The van der Waals surface area contributed by atoms with Gasteiger partial charge in [0, 0.05) is 33.0 Å². The van der Waals surface area contributed by atoms with Gasteiger partial charge in [-0.15, -0.1) is 0 Å². The molecule has 0 aromatic rings. The molecule has 5 aliphatic rings. The van der Waals surface area contributed by atoms with Gasteiger partial charge in [-0.2, -0.15) is 0 Å². The minimum atomic E-state index is 0.303. The summed E-state index contributed by atoms with van der Waals surface area (Å²) in [6.07, 6.45) is 11.9. The van der Waals surface area contributed by atoms with E-state index in [-0.39, 0.29) is 0 Å². The number of rotatable bonds is 31. The highest BCUT2D eigenvalue weighted by atomic mass is 16.6. The second kappa shape index (κ2) is 19.2. The Labute approximate surface area is 252 Å². The van der Waals surface area contributed by atoms with E-state index in [9.17, 15) is 0 Å². The van der Waals surface area contributed by atoms with E-state index in [1.54, 1.807) is 0 Å². The van der Waals surface area contributed by atoms with Crippen molar-refractivity contribution < 1.29 is 47.4 Å². The molecule has 10 nitrogen and oxygen atoms in total. The van der Waals surface area contributed by atoms with Crippen LogP contribution in [0.4, 0.5) is 0 Å². The van der Waals surface area contributed by atoms with Crippen molar-refractivity contribution in [2.45, 2.75) is 88.3 Å². The monoisotopic (exact) mass is 600 g/mol. The molecule has 5 saturated heterocycles. The van der Waals surface area contributed by atoms with E-state index < -0.39 is 0 Å². The molecule has 10 heteroatoms. The molecule has 5 heterocycles. The molecule has 42 heavy (non-hydrogen) atoms. The van der Waals surface area contributed by atoms with Gasteiger partial charge in [0.15, 0.2) is 0 Å². The van der Waals surface area contributed by atoms with Crippen molar-refractivity contribution >= 4 is 0 Å². The SMILES string of the molecule is C(CCC(COCC1CO1)CC(CCCOCC1CO1)COCC1CO1)CC(CCCOCC1CO1)COCC1CO1. The maximum absolute atomic E-state index is 6.13. The number of ether oxygens (including phenoxy) is 10. The van der Waals surface area contributed by atoms with E-state index in [1.165, 1.54) is 25.7 Å². The molecule has 0 aromatic carbocycles. The number of hydrogen-bond acceptors (Lipinski definition) is 10. The van der Waals surface area contributed by atoms with Gasteiger partial charge in [0.05, 0.1) is 66.1 Å². The lowest BCUT2D eigenvalue weighted by Gasteiger charge is -2.24. The number of epoxide rings is 5. The Morgan fingerprint density at radius 2 is 0.714 bits per heavy atom. The van der Waals surface area contributed by atoms with Crippen LogP contribution in [0.2, 0.25) is 0 Å². The number of unbranched alkanes of at least 4 members (excludes halogenated alkanes) is 1. The Morgan fingerprint density at radius 3 is 1.12 bits per heavy atom. The second-order valence-corrected chi connectivity index (χ2v) is 12.9. The van der Waals surface area contributed by atoms with E-state index in [2.05, 4.69) is 0 Å². The van der Waals surface area contributed by atoms with E-state index in [1.807, 2.05) is 0 Å². The van der Waals surface area contributed by atoms with Crippen LogP contribution in [0.1, 0.15) is 57.8 Å². The third-order valence-electron chi connectivity index (χ3n) is 8.53. The molecule has 8 atom stereocenters. The Hall–Kier alpha value is -0.400. The van der Waals surface area contributed by atoms with Crippen molar-refractivity contribution in [3.8, 4) is 0 Å². The maximum atomic E-state index is 6.13. The molecule has 0 N–H and O–H groups in total. The van der Waals surface area contributed by atoms with Crippen LogP contribution >= 0.6 is 0 Å². The molecule has 0 radical (unpaired) electrons. The predicted octanol–water partition coefficient (Wildman–Crippen LogP) is 3.42. The average molecular weight is 601 g/mol. The van der Waals surface area contributed by atoms with Crippen LogP contribution in [-0.4, -0.2) is 130 Å². The Morgan fingerprint density at radius 1 is 0.405 bits per heavy atom. The van der Waals surface area contributed by atoms with Crippen LogP contribution in [-0.2, 0) is 47.4 Å². The lowest BCUT2D eigenvalue weighted by atomic mass is 9.87. The van der Waals surface area contributed by atoms with Gasteiger partial charge in [0.2, 0.25) is 0 Å². The highest BCUT2D eigenvalue weighted by molar-refractivity contribution is 4.74. The first-order valence-electron chi connectivity index (χ1n) is 16.8. The Kier molecular flexibility index (Phi) is 15.1. The van der Waals surface area contributed by atoms with Crippen LogP contribution in [0.3, 0.4) is 0 Å². The zero-order valence-corrected chi connectivity index (χ0v) is 25.7. The van der Waals surface area contributed by atoms with Crippen molar-refractivity contribution in [2.24, 2.45) is 17.8 Å². The predicted molar refractivity (Wildman–Crippen MR) is 155 cm³/mol. The lowest BCUT2D eigenvalue weighted by Crippen LogP contribution is -2.21. The summed E-state index contributed by atoms with van der Waals surface area (Å²) in [5.74, 6) is 1.59. The molecule has 244 valence electrons. The van der Waals surface area contributed by atoms with Gasteiger partial charge in [-0.05, 0) is 62.7 Å².